The van der Waals surface area contributed by atoms with E-state index in [2.05, 4.69) is 5.32 Å². The summed E-state index contributed by atoms with van der Waals surface area (Å²) < 4.78 is 0. The number of carboxylic acid groups (broad SMARTS) is 1. The summed E-state index contributed by atoms with van der Waals surface area (Å²) in [6, 6.07) is -0.766. The van der Waals surface area contributed by atoms with Gasteiger partial charge in [-0.2, -0.15) is 0 Å². The van der Waals surface area contributed by atoms with Crippen LogP contribution in [0.4, 0.5) is 0 Å². The van der Waals surface area contributed by atoms with Crippen molar-refractivity contribution >= 4 is 11.9 Å². The summed E-state index contributed by atoms with van der Waals surface area (Å²) in [7, 11) is 0. The Morgan fingerprint density at radius 3 is 1.94 bits per heavy atom. The molecule has 16 heavy (non-hydrogen) atoms. The summed E-state index contributed by atoms with van der Waals surface area (Å²) in [6.45, 7) is 7.63. The number of carboxylic acids is 1. The van der Waals surface area contributed by atoms with Crippen molar-refractivity contribution in [2.75, 3.05) is 0 Å². The van der Waals surface area contributed by atoms with Gasteiger partial charge in [-0.05, 0) is 18.8 Å². The summed E-state index contributed by atoms with van der Waals surface area (Å²) in [5.41, 5.74) is 0. The molecule has 0 saturated heterocycles. The van der Waals surface area contributed by atoms with Gasteiger partial charge in [-0.3, -0.25) is 4.79 Å². The van der Waals surface area contributed by atoms with Crippen molar-refractivity contribution in [1.29, 1.82) is 0 Å². The molecule has 1 amide bonds. The molecule has 1 unspecified atom stereocenters. The number of carbonyl (C=O) groups excluding carboxylic acids is 1. The second kappa shape index (κ2) is 7.25. The van der Waals surface area contributed by atoms with Crippen molar-refractivity contribution in [3.05, 3.63) is 0 Å². The van der Waals surface area contributed by atoms with Crippen molar-refractivity contribution in [3.63, 3.8) is 0 Å². The third kappa shape index (κ3) is 4.21. The second-order valence-corrected chi connectivity index (χ2v) is 4.22. The van der Waals surface area contributed by atoms with Gasteiger partial charge < -0.3 is 10.4 Å². The van der Waals surface area contributed by atoms with Crippen LogP contribution in [0.25, 0.3) is 0 Å². The van der Waals surface area contributed by atoms with Crippen LogP contribution in [-0.4, -0.2) is 23.0 Å². The fourth-order valence-electron chi connectivity index (χ4n) is 1.61. The largest absolute Gasteiger partial charge is 0.480 e. The smallest absolute Gasteiger partial charge is 0.326 e. The SMILES string of the molecule is CCC(CC)C(=O)N[C@H](C(=O)O)C(C)CC. The molecule has 4 heteroatoms. The minimum absolute atomic E-state index is 0.0455. The summed E-state index contributed by atoms with van der Waals surface area (Å²) in [4.78, 5) is 22.8. The molecule has 0 spiro atoms. The number of hydrogen-bond acceptors (Lipinski definition) is 2. The molecular weight excluding hydrogens is 206 g/mol. The van der Waals surface area contributed by atoms with Crippen molar-refractivity contribution < 1.29 is 14.7 Å². The third-order valence-corrected chi connectivity index (χ3v) is 3.13. The first-order valence-electron chi connectivity index (χ1n) is 6.00. The van der Waals surface area contributed by atoms with E-state index in [1.165, 1.54) is 0 Å². The van der Waals surface area contributed by atoms with E-state index < -0.39 is 12.0 Å². The first-order valence-corrected chi connectivity index (χ1v) is 6.00. The van der Waals surface area contributed by atoms with Crippen LogP contribution in [0.1, 0.15) is 47.0 Å². The average Bonchev–Trinajstić information content (AvgIpc) is 2.26. The summed E-state index contributed by atoms with van der Waals surface area (Å²) in [5, 5.41) is 11.7. The zero-order valence-electron chi connectivity index (χ0n) is 10.6. The Labute approximate surface area is 97.4 Å². The van der Waals surface area contributed by atoms with Gasteiger partial charge in [-0.25, -0.2) is 4.79 Å². The van der Waals surface area contributed by atoms with Crippen LogP contribution in [0, 0.1) is 11.8 Å². The van der Waals surface area contributed by atoms with Crippen LogP contribution in [0.5, 0.6) is 0 Å². The fourth-order valence-corrected chi connectivity index (χ4v) is 1.61. The summed E-state index contributed by atoms with van der Waals surface area (Å²) in [6.07, 6.45) is 2.23. The number of nitrogens with one attached hydrogen (secondary N) is 1. The van der Waals surface area contributed by atoms with Crippen LogP contribution >= 0.6 is 0 Å². The van der Waals surface area contributed by atoms with Crippen LogP contribution in [0.15, 0.2) is 0 Å². The number of carbonyl (C=O) groups is 2. The number of hydrogen-bond donors (Lipinski definition) is 2. The zero-order chi connectivity index (χ0) is 12.7. The Morgan fingerprint density at radius 2 is 1.62 bits per heavy atom. The highest BCUT2D eigenvalue weighted by Gasteiger charge is 2.27. The molecule has 0 aliphatic rings. The maximum absolute atomic E-state index is 11.8. The van der Waals surface area contributed by atoms with Gasteiger partial charge in [0, 0.05) is 5.92 Å². The molecule has 0 bridgehead atoms. The minimum atomic E-state index is -0.950. The van der Waals surface area contributed by atoms with Gasteiger partial charge in [-0.1, -0.05) is 34.1 Å². The molecule has 94 valence electrons. The van der Waals surface area contributed by atoms with E-state index >= 15 is 0 Å². The molecule has 2 atom stereocenters. The Kier molecular flexibility index (Phi) is 6.77. The monoisotopic (exact) mass is 229 g/mol. The highest BCUT2D eigenvalue weighted by atomic mass is 16.4. The molecule has 0 aromatic heterocycles. The van der Waals surface area contributed by atoms with Gasteiger partial charge in [0.25, 0.3) is 0 Å². The van der Waals surface area contributed by atoms with Crippen molar-refractivity contribution in [2.24, 2.45) is 11.8 Å². The molecule has 4 nitrogen and oxygen atoms in total. The van der Waals surface area contributed by atoms with Crippen molar-refractivity contribution in [2.45, 2.75) is 53.0 Å². The van der Waals surface area contributed by atoms with Crippen LogP contribution in [0.3, 0.4) is 0 Å². The van der Waals surface area contributed by atoms with E-state index in [1.54, 1.807) is 0 Å². The molecule has 2 N–H and O–H groups in total. The Hall–Kier alpha value is -1.06. The highest BCUT2D eigenvalue weighted by molar-refractivity contribution is 5.85. The number of amides is 1. The first kappa shape index (κ1) is 14.9. The van der Waals surface area contributed by atoms with E-state index in [4.69, 9.17) is 5.11 Å². The fraction of sp³-hybridized carbons (Fsp3) is 0.833. The molecule has 0 aliphatic heterocycles. The lowest BCUT2D eigenvalue weighted by Gasteiger charge is -2.22. The normalized spacial score (nSPS) is 14.6. The Balaban J connectivity index is 4.51. The molecule has 0 aromatic carbocycles. The molecular formula is C12H23NO3. The topological polar surface area (TPSA) is 66.4 Å². The Morgan fingerprint density at radius 1 is 1.12 bits per heavy atom. The molecule has 0 aromatic rings. The second-order valence-electron chi connectivity index (χ2n) is 4.22. The first-order chi connectivity index (χ1) is 7.47. The lowest BCUT2D eigenvalue weighted by Crippen LogP contribution is -2.47. The van der Waals surface area contributed by atoms with Gasteiger partial charge in [0.05, 0.1) is 0 Å². The zero-order valence-corrected chi connectivity index (χ0v) is 10.6. The van der Waals surface area contributed by atoms with E-state index in [0.717, 1.165) is 19.3 Å². The standard InChI is InChI=1S/C12H23NO3/c1-5-8(4)10(12(15)16)13-11(14)9(6-2)7-3/h8-10H,5-7H2,1-4H3,(H,13,14)(H,15,16)/t8?,10-/m0/s1. The van der Waals surface area contributed by atoms with Gasteiger partial charge in [0.15, 0.2) is 0 Å². The van der Waals surface area contributed by atoms with E-state index in [9.17, 15) is 9.59 Å². The maximum Gasteiger partial charge on any atom is 0.326 e. The van der Waals surface area contributed by atoms with Crippen LogP contribution < -0.4 is 5.32 Å². The maximum atomic E-state index is 11.8. The van der Waals surface area contributed by atoms with Gasteiger partial charge in [0.2, 0.25) is 5.91 Å². The molecule has 0 aliphatic carbocycles. The number of aliphatic carboxylic acids is 1. The summed E-state index contributed by atoms with van der Waals surface area (Å²) >= 11 is 0. The van der Waals surface area contributed by atoms with E-state index in [1.807, 2.05) is 27.7 Å². The predicted molar refractivity (Wildman–Crippen MR) is 63.1 cm³/mol. The van der Waals surface area contributed by atoms with Gasteiger partial charge >= 0.3 is 5.97 Å². The molecule has 0 rings (SSSR count). The average molecular weight is 229 g/mol. The van der Waals surface area contributed by atoms with Gasteiger partial charge in [-0.15, -0.1) is 0 Å². The highest BCUT2D eigenvalue weighted by Crippen LogP contribution is 2.12. The molecule has 0 fully saturated rings. The molecule has 0 heterocycles. The lowest BCUT2D eigenvalue weighted by atomic mass is 9.97. The quantitative estimate of drug-likeness (QED) is 0.702. The molecule has 0 radical (unpaired) electrons. The Bertz CT molecular complexity index is 236. The lowest BCUT2D eigenvalue weighted by molar-refractivity contribution is -0.144. The predicted octanol–water partition coefficient (Wildman–Crippen LogP) is 2.04. The van der Waals surface area contributed by atoms with Gasteiger partial charge in [0.1, 0.15) is 6.04 Å². The third-order valence-electron chi connectivity index (χ3n) is 3.13. The molecule has 0 saturated carbocycles. The number of rotatable bonds is 7. The van der Waals surface area contributed by atoms with E-state index in [0.29, 0.717) is 0 Å². The van der Waals surface area contributed by atoms with Crippen LogP contribution in [0.2, 0.25) is 0 Å². The summed E-state index contributed by atoms with van der Waals surface area (Å²) in [5.74, 6) is -1.21. The van der Waals surface area contributed by atoms with Crippen LogP contribution in [-0.2, 0) is 9.59 Å². The van der Waals surface area contributed by atoms with Crippen molar-refractivity contribution in [1.82, 2.24) is 5.32 Å². The van der Waals surface area contributed by atoms with Crippen molar-refractivity contribution in [3.8, 4) is 0 Å². The van der Waals surface area contributed by atoms with E-state index in [-0.39, 0.29) is 17.7 Å². The minimum Gasteiger partial charge on any atom is -0.480 e.